The largest absolute Gasteiger partial charge is 0.439 e. The van der Waals surface area contributed by atoms with E-state index in [0.717, 1.165) is 0 Å². The van der Waals surface area contributed by atoms with Crippen molar-refractivity contribution in [3.8, 4) is 0 Å². The SMILES string of the molecule is CNCc1nc2c(Br)cc(F)cc2o1. The zero-order valence-electron chi connectivity index (χ0n) is 7.47. The fraction of sp³-hybridized carbons (Fsp3) is 0.222. The van der Waals surface area contributed by atoms with Gasteiger partial charge in [0.25, 0.3) is 0 Å². The van der Waals surface area contributed by atoms with Crippen molar-refractivity contribution in [2.24, 2.45) is 0 Å². The monoisotopic (exact) mass is 258 g/mol. The van der Waals surface area contributed by atoms with Crippen molar-refractivity contribution >= 4 is 27.0 Å². The van der Waals surface area contributed by atoms with Gasteiger partial charge in [-0.3, -0.25) is 0 Å². The number of rotatable bonds is 2. The number of aromatic nitrogens is 1. The molecule has 0 radical (unpaired) electrons. The zero-order chi connectivity index (χ0) is 10.1. The van der Waals surface area contributed by atoms with Gasteiger partial charge in [0.15, 0.2) is 5.58 Å². The maximum absolute atomic E-state index is 13.0. The van der Waals surface area contributed by atoms with Gasteiger partial charge in [0, 0.05) is 6.07 Å². The molecule has 14 heavy (non-hydrogen) atoms. The van der Waals surface area contributed by atoms with Gasteiger partial charge >= 0.3 is 0 Å². The highest BCUT2D eigenvalue weighted by molar-refractivity contribution is 9.10. The van der Waals surface area contributed by atoms with Crippen LogP contribution < -0.4 is 5.32 Å². The third kappa shape index (κ3) is 1.65. The lowest BCUT2D eigenvalue weighted by atomic mass is 10.3. The van der Waals surface area contributed by atoms with Gasteiger partial charge in [-0.2, -0.15) is 0 Å². The third-order valence-electron chi connectivity index (χ3n) is 1.79. The summed E-state index contributed by atoms with van der Waals surface area (Å²) in [6, 6.07) is 2.69. The van der Waals surface area contributed by atoms with E-state index in [1.807, 2.05) is 0 Å². The van der Waals surface area contributed by atoms with Crippen LogP contribution >= 0.6 is 15.9 Å². The Hall–Kier alpha value is -0.940. The van der Waals surface area contributed by atoms with Crippen LogP contribution in [-0.2, 0) is 6.54 Å². The van der Waals surface area contributed by atoms with Gasteiger partial charge in [-0.15, -0.1) is 0 Å². The molecule has 1 aromatic carbocycles. The highest BCUT2D eigenvalue weighted by Crippen LogP contribution is 2.25. The third-order valence-corrected chi connectivity index (χ3v) is 2.39. The molecule has 1 heterocycles. The molecular weight excluding hydrogens is 251 g/mol. The second-order valence-corrected chi connectivity index (χ2v) is 3.73. The molecule has 74 valence electrons. The first-order valence-corrected chi connectivity index (χ1v) is 4.89. The summed E-state index contributed by atoms with van der Waals surface area (Å²) in [6.07, 6.45) is 0. The highest BCUT2D eigenvalue weighted by Gasteiger charge is 2.09. The van der Waals surface area contributed by atoms with Crippen molar-refractivity contribution in [3.63, 3.8) is 0 Å². The molecule has 2 aromatic rings. The Morgan fingerprint density at radius 3 is 3.07 bits per heavy atom. The predicted molar refractivity (Wildman–Crippen MR) is 54.4 cm³/mol. The lowest BCUT2D eigenvalue weighted by molar-refractivity contribution is 0.509. The summed E-state index contributed by atoms with van der Waals surface area (Å²) < 4.78 is 18.9. The number of halogens is 2. The van der Waals surface area contributed by atoms with E-state index < -0.39 is 0 Å². The predicted octanol–water partition coefficient (Wildman–Crippen LogP) is 2.45. The quantitative estimate of drug-likeness (QED) is 0.900. The normalized spacial score (nSPS) is 11.1. The minimum Gasteiger partial charge on any atom is -0.439 e. The lowest BCUT2D eigenvalue weighted by Crippen LogP contribution is -2.04. The van der Waals surface area contributed by atoms with E-state index in [1.165, 1.54) is 12.1 Å². The number of nitrogens with zero attached hydrogens (tertiary/aromatic N) is 1. The first-order valence-electron chi connectivity index (χ1n) is 4.10. The number of fused-ring (bicyclic) bond motifs is 1. The van der Waals surface area contributed by atoms with Crippen molar-refractivity contribution in [2.45, 2.75) is 6.54 Å². The first kappa shape index (κ1) is 9.61. The Bertz CT molecular complexity index is 469. The van der Waals surface area contributed by atoms with Gasteiger partial charge < -0.3 is 9.73 Å². The standard InChI is InChI=1S/C9H8BrFN2O/c1-12-4-8-13-9-6(10)2-5(11)3-7(9)14-8/h2-3,12H,4H2,1H3. The topological polar surface area (TPSA) is 38.1 Å². The van der Waals surface area contributed by atoms with Gasteiger partial charge in [-0.05, 0) is 29.0 Å². The van der Waals surface area contributed by atoms with Crippen molar-refractivity contribution in [2.75, 3.05) is 7.05 Å². The van der Waals surface area contributed by atoms with E-state index in [2.05, 4.69) is 26.2 Å². The number of hydrogen-bond donors (Lipinski definition) is 1. The Morgan fingerprint density at radius 2 is 2.36 bits per heavy atom. The molecule has 2 rings (SSSR count). The smallest absolute Gasteiger partial charge is 0.209 e. The summed E-state index contributed by atoms with van der Waals surface area (Å²) in [5.41, 5.74) is 1.11. The van der Waals surface area contributed by atoms with Gasteiger partial charge in [0.05, 0.1) is 11.0 Å². The Morgan fingerprint density at radius 1 is 1.57 bits per heavy atom. The summed E-state index contributed by atoms with van der Waals surface area (Å²) in [4.78, 5) is 4.20. The Kier molecular flexibility index (Phi) is 2.52. The zero-order valence-corrected chi connectivity index (χ0v) is 9.06. The summed E-state index contributed by atoms with van der Waals surface area (Å²) in [6.45, 7) is 0.530. The molecule has 5 heteroatoms. The van der Waals surface area contributed by atoms with Crippen molar-refractivity contribution < 1.29 is 8.81 Å². The Balaban J connectivity index is 2.58. The molecule has 3 nitrogen and oxygen atoms in total. The molecule has 0 atom stereocenters. The average Bonchev–Trinajstić information content (AvgIpc) is 2.48. The molecular formula is C9H8BrFN2O. The highest BCUT2D eigenvalue weighted by atomic mass is 79.9. The number of hydrogen-bond acceptors (Lipinski definition) is 3. The van der Waals surface area contributed by atoms with Gasteiger partial charge in [0.1, 0.15) is 11.3 Å². The van der Waals surface area contributed by atoms with Crippen LogP contribution in [0.1, 0.15) is 5.89 Å². The van der Waals surface area contributed by atoms with Crippen LogP contribution in [0, 0.1) is 5.82 Å². The van der Waals surface area contributed by atoms with Crippen molar-refractivity contribution in [3.05, 3.63) is 28.3 Å². The second-order valence-electron chi connectivity index (χ2n) is 2.87. The van der Waals surface area contributed by atoms with E-state index >= 15 is 0 Å². The summed E-state index contributed by atoms with van der Waals surface area (Å²) >= 11 is 3.23. The Labute approximate surface area is 88.4 Å². The maximum Gasteiger partial charge on any atom is 0.209 e. The summed E-state index contributed by atoms with van der Waals surface area (Å²) in [5.74, 6) is 0.213. The van der Waals surface area contributed by atoms with Crippen LogP contribution in [0.5, 0.6) is 0 Å². The fourth-order valence-corrected chi connectivity index (χ4v) is 1.73. The molecule has 0 bridgehead atoms. The molecule has 0 aliphatic rings. The molecule has 0 saturated carbocycles. The minimum absolute atomic E-state index is 0.337. The molecule has 1 aromatic heterocycles. The molecule has 1 N–H and O–H groups in total. The van der Waals surface area contributed by atoms with Crippen LogP contribution in [0.3, 0.4) is 0 Å². The lowest BCUT2D eigenvalue weighted by Gasteiger charge is -1.90. The van der Waals surface area contributed by atoms with E-state index in [0.29, 0.717) is 28.0 Å². The molecule has 0 aliphatic heterocycles. The molecule has 0 amide bonds. The number of nitrogens with one attached hydrogen (secondary N) is 1. The van der Waals surface area contributed by atoms with E-state index in [4.69, 9.17) is 4.42 Å². The van der Waals surface area contributed by atoms with Crippen LogP contribution in [0.25, 0.3) is 11.1 Å². The molecule has 0 aliphatic carbocycles. The van der Waals surface area contributed by atoms with E-state index in [1.54, 1.807) is 7.05 Å². The van der Waals surface area contributed by atoms with Gasteiger partial charge in [0.2, 0.25) is 5.89 Å². The second kappa shape index (κ2) is 3.67. The molecule has 0 saturated heterocycles. The van der Waals surface area contributed by atoms with Crippen LogP contribution in [0.2, 0.25) is 0 Å². The van der Waals surface area contributed by atoms with Crippen LogP contribution in [0.4, 0.5) is 4.39 Å². The summed E-state index contributed by atoms with van der Waals surface area (Å²) in [7, 11) is 1.80. The molecule has 0 fully saturated rings. The van der Waals surface area contributed by atoms with Crippen LogP contribution in [-0.4, -0.2) is 12.0 Å². The number of oxazole rings is 1. The average molecular weight is 259 g/mol. The van der Waals surface area contributed by atoms with Gasteiger partial charge in [-0.1, -0.05) is 0 Å². The van der Waals surface area contributed by atoms with E-state index in [9.17, 15) is 4.39 Å². The van der Waals surface area contributed by atoms with Crippen molar-refractivity contribution in [1.29, 1.82) is 0 Å². The summed E-state index contributed by atoms with van der Waals surface area (Å²) in [5, 5.41) is 2.91. The fourth-order valence-electron chi connectivity index (χ4n) is 1.23. The van der Waals surface area contributed by atoms with E-state index in [-0.39, 0.29) is 5.82 Å². The molecule has 0 spiro atoms. The first-order chi connectivity index (χ1) is 6.70. The minimum atomic E-state index is -0.337. The van der Waals surface area contributed by atoms with Gasteiger partial charge in [-0.25, -0.2) is 9.37 Å². The molecule has 0 unspecified atom stereocenters. The number of benzene rings is 1. The van der Waals surface area contributed by atoms with Crippen molar-refractivity contribution in [1.82, 2.24) is 10.3 Å². The van der Waals surface area contributed by atoms with Crippen LogP contribution in [0.15, 0.2) is 21.0 Å². The maximum atomic E-state index is 13.0.